The largest absolute Gasteiger partial charge is 0.380 e. The highest BCUT2D eigenvalue weighted by Crippen LogP contribution is 2.36. The molecule has 1 N–H and O–H groups in total. The Kier molecular flexibility index (Phi) is 2.21. The lowest BCUT2D eigenvalue weighted by Gasteiger charge is -2.37. The molecule has 0 radical (unpaired) electrons. The lowest BCUT2D eigenvalue weighted by atomic mass is 9.91. The molecule has 0 saturated carbocycles. The van der Waals surface area contributed by atoms with E-state index in [0.29, 0.717) is 0 Å². The fourth-order valence-corrected chi connectivity index (χ4v) is 1.72. The highest BCUT2D eigenvalue weighted by atomic mass is 35.5. The highest BCUT2D eigenvalue weighted by Gasteiger charge is 2.42. The first-order valence-corrected chi connectivity index (χ1v) is 4.36. The Hall–Kier alpha value is -0.710. The number of benzene rings is 1. The fraction of sp³-hybridized carbons (Fsp3) is 0.333. The summed E-state index contributed by atoms with van der Waals surface area (Å²) in [5.74, 6) is -2.13. The Morgan fingerprint density at radius 2 is 2.00 bits per heavy atom. The average Bonchev–Trinajstić information content (AvgIpc) is 2.09. The van der Waals surface area contributed by atoms with Gasteiger partial charge in [0.25, 0.3) is 0 Å². The second-order valence-corrected chi connectivity index (χ2v) is 3.65. The maximum Gasteiger partial charge on any atom is 0.166 e. The minimum Gasteiger partial charge on any atom is -0.380 e. The van der Waals surface area contributed by atoms with Crippen LogP contribution in [0.5, 0.6) is 0 Å². The van der Waals surface area contributed by atoms with Gasteiger partial charge in [-0.2, -0.15) is 0 Å². The molecule has 0 aliphatic carbocycles. The summed E-state index contributed by atoms with van der Waals surface area (Å²) in [7, 11) is 0. The summed E-state index contributed by atoms with van der Waals surface area (Å²) in [5.41, 5.74) is -1.70. The standard InChI is InChI=1S/C9H7ClF2O2/c10-5-1-2-6(11)8(12)7(5)9(13)3-14-4-9/h1-2,13H,3-4H2. The zero-order valence-corrected chi connectivity index (χ0v) is 7.81. The van der Waals surface area contributed by atoms with Crippen LogP contribution in [0, 0.1) is 11.6 Å². The van der Waals surface area contributed by atoms with Crippen molar-refractivity contribution in [2.75, 3.05) is 13.2 Å². The van der Waals surface area contributed by atoms with Crippen LogP contribution in [0.4, 0.5) is 8.78 Å². The van der Waals surface area contributed by atoms with Crippen molar-refractivity contribution >= 4 is 11.6 Å². The van der Waals surface area contributed by atoms with Gasteiger partial charge in [0.2, 0.25) is 0 Å². The van der Waals surface area contributed by atoms with E-state index in [-0.39, 0.29) is 23.8 Å². The molecule has 5 heteroatoms. The van der Waals surface area contributed by atoms with Gasteiger partial charge in [-0.1, -0.05) is 11.6 Å². The highest BCUT2D eigenvalue weighted by molar-refractivity contribution is 6.31. The van der Waals surface area contributed by atoms with Crippen LogP contribution < -0.4 is 0 Å². The van der Waals surface area contributed by atoms with Crippen molar-refractivity contribution < 1.29 is 18.6 Å². The van der Waals surface area contributed by atoms with Crippen LogP contribution in [0.15, 0.2) is 12.1 Å². The number of halogens is 3. The van der Waals surface area contributed by atoms with E-state index in [1.807, 2.05) is 0 Å². The van der Waals surface area contributed by atoms with Crippen LogP contribution in [0.3, 0.4) is 0 Å². The van der Waals surface area contributed by atoms with E-state index in [1.165, 1.54) is 6.07 Å². The van der Waals surface area contributed by atoms with Crippen molar-refractivity contribution in [3.63, 3.8) is 0 Å². The van der Waals surface area contributed by atoms with Gasteiger partial charge in [0.15, 0.2) is 11.6 Å². The van der Waals surface area contributed by atoms with Gasteiger partial charge in [-0.25, -0.2) is 8.78 Å². The second kappa shape index (κ2) is 3.15. The molecular formula is C9H7ClF2O2. The molecule has 1 heterocycles. The predicted octanol–water partition coefficient (Wildman–Crippen LogP) is 1.84. The van der Waals surface area contributed by atoms with Crippen LogP contribution >= 0.6 is 11.6 Å². The van der Waals surface area contributed by atoms with Crippen LogP contribution in [-0.2, 0) is 10.3 Å². The smallest absolute Gasteiger partial charge is 0.166 e. The quantitative estimate of drug-likeness (QED) is 0.732. The SMILES string of the molecule is OC1(c2c(Cl)ccc(F)c2F)COC1. The number of ether oxygens (including phenoxy) is 1. The van der Waals surface area contributed by atoms with E-state index in [0.717, 1.165) is 6.07 Å². The fourth-order valence-electron chi connectivity index (χ4n) is 1.39. The lowest BCUT2D eigenvalue weighted by Crippen LogP contribution is -2.47. The molecule has 1 saturated heterocycles. The summed E-state index contributed by atoms with van der Waals surface area (Å²) in [6, 6.07) is 2.13. The van der Waals surface area contributed by atoms with Gasteiger partial charge in [-0.3, -0.25) is 0 Å². The molecule has 1 aliphatic heterocycles. The Bertz CT molecular complexity index is 377. The third kappa shape index (κ3) is 1.30. The first-order chi connectivity index (χ1) is 6.54. The van der Waals surface area contributed by atoms with E-state index in [2.05, 4.69) is 0 Å². The summed E-state index contributed by atoms with van der Waals surface area (Å²) < 4.78 is 30.9. The number of hydrogen-bond acceptors (Lipinski definition) is 2. The molecule has 2 rings (SSSR count). The first-order valence-electron chi connectivity index (χ1n) is 3.99. The minimum absolute atomic E-state index is 0.00898. The maximum absolute atomic E-state index is 13.3. The van der Waals surface area contributed by atoms with Crippen LogP contribution in [0.25, 0.3) is 0 Å². The van der Waals surface area contributed by atoms with Gasteiger partial charge in [0.1, 0.15) is 5.60 Å². The average molecular weight is 221 g/mol. The van der Waals surface area contributed by atoms with Gasteiger partial charge in [0, 0.05) is 10.6 Å². The third-order valence-electron chi connectivity index (χ3n) is 2.19. The number of hydrogen-bond donors (Lipinski definition) is 1. The molecule has 1 aliphatic rings. The van der Waals surface area contributed by atoms with Gasteiger partial charge in [0.05, 0.1) is 13.2 Å². The molecule has 0 amide bonds. The molecule has 0 spiro atoms. The van der Waals surface area contributed by atoms with Gasteiger partial charge < -0.3 is 9.84 Å². The van der Waals surface area contributed by atoms with Crippen LogP contribution in [-0.4, -0.2) is 18.3 Å². The summed E-state index contributed by atoms with van der Waals surface area (Å²) in [6.07, 6.45) is 0. The van der Waals surface area contributed by atoms with Crippen molar-refractivity contribution in [1.82, 2.24) is 0 Å². The minimum atomic E-state index is -1.48. The van der Waals surface area contributed by atoms with E-state index < -0.39 is 17.2 Å². The predicted molar refractivity (Wildman–Crippen MR) is 46.1 cm³/mol. The topological polar surface area (TPSA) is 29.5 Å². The molecule has 0 atom stereocenters. The van der Waals surface area contributed by atoms with Gasteiger partial charge in [-0.05, 0) is 12.1 Å². The molecule has 1 aromatic carbocycles. The Balaban J connectivity index is 2.56. The van der Waals surface area contributed by atoms with Crippen molar-refractivity contribution in [2.45, 2.75) is 5.60 Å². The van der Waals surface area contributed by atoms with E-state index >= 15 is 0 Å². The molecule has 0 bridgehead atoms. The van der Waals surface area contributed by atoms with Crippen LogP contribution in [0.2, 0.25) is 5.02 Å². The van der Waals surface area contributed by atoms with Gasteiger partial charge >= 0.3 is 0 Å². The third-order valence-corrected chi connectivity index (χ3v) is 2.51. The van der Waals surface area contributed by atoms with Crippen LogP contribution in [0.1, 0.15) is 5.56 Å². The molecule has 1 fully saturated rings. The Labute approximate surface area is 84.1 Å². The van der Waals surface area contributed by atoms with Crippen molar-refractivity contribution in [2.24, 2.45) is 0 Å². The zero-order chi connectivity index (χ0) is 10.3. The number of rotatable bonds is 1. The summed E-state index contributed by atoms with van der Waals surface area (Å²) in [6.45, 7) is -0.125. The first kappa shape index (κ1) is 9.83. The summed E-state index contributed by atoms with van der Waals surface area (Å²) in [4.78, 5) is 0. The van der Waals surface area contributed by atoms with E-state index in [4.69, 9.17) is 16.3 Å². The normalized spacial score (nSPS) is 19.1. The van der Waals surface area contributed by atoms with Gasteiger partial charge in [-0.15, -0.1) is 0 Å². The molecule has 2 nitrogen and oxygen atoms in total. The Morgan fingerprint density at radius 1 is 1.36 bits per heavy atom. The molecule has 0 unspecified atom stereocenters. The van der Waals surface area contributed by atoms with Crippen molar-refractivity contribution in [1.29, 1.82) is 0 Å². The molecule has 1 aromatic rings. The van der Waals surface area contributed by atoms with E-state index in [9.17, 15) is 13.9 Å². The molecule has 76 valence electrons. The van der Waals surface area contributed by atoms with Crippen molar-refractivity contribution in [3.8, 4) is 0 Å². The monoisotopic (exact) mass is 220 g/mol. The Morgan fingerprint density at radius 3 is 2.50 bits per heavy atom. The molecule has 14 heavy (non-hydrogen) atoms. The number of aliphatic hydroxyl groups is 1. The summed E-state index contributed by atoms with van der Waals surface area (Å²) in [5, 5.41) is 9.76. The molecular weight excluding hydrogens is 214 g/mol. The van der Waals surface area contributed by atoms with Crippen molar-refractivity contribution in [3.05, 3.63) is 34.4 Å². The molecule has 0 aromatic heterocycles. The van der Waals surface area contributed by atoms with E-state index in [1.54, 1.807) is 0 Å². The second-order valence-electron chi connectivity index (χ2n) is 3.24. The zero-order valence-electron chi connectivity index (χ0n) is 7.06. The lowest BCUT2D eigenvalue weighted by molar-refractivity contribution is -0.186. The maximum atomic E-state index is 13.3. The summed E-state index contributed by atoms with van der Waals surface area (Å²) >= 11 is 5.68.